The Balaban J connectivity index is 2.32. The normalized spacial score (nSPS) is 10.3. The summed E-state index contributed by atoms with van der Waals surface area (Å²) < 4.78 is 0. The van der Waals surface area contributed by atoms with E-state index in [1.165, 1.54) is 11.8 Å². The van der Waals surface area contributed by atoms with E-state index in [0.29, 0.717) is 11.3 Å². The molecule has 0 aliphatic carbocycles. The van der Waals surface area contributed by atoms with Crippen molar-refractivity contribution in [1.29, 1.82) is 5.26 Å². The van der Waals surface area contributed by atoms with Crippen molar-refractivity contribution >= 4 is 23.2 Å². The van der Waals surface area contributed by atoms with Gasteiger partial charge in [0.05, 0.1) is 16.9 Å². The van der Waals surface area contributed by atoms with Crippen molar-refractivity contribution in [3.63, 3.8) is 0 Å². The minimum Gasteiger partial charge on any atom is -0.323 e. The third-order valence-corrected chi connectivity index (χ3v) is 4.16. The van der Waals surface area contributed by atoms with Gasteiger partial charge in [-0.1, -0.05) is 44.2 Å². The lowest BCUT2D eigenvalue weighted by Crippen LogP contribution is -2.38. The van der Waals surface area contributed by atoms with Crippen LogP contribution >= 0.6 is 0 Å². The monoisotopic (exact) mass is 349 g/mol. The van der Waals surface area contributed by atoms with E-state index >= 15 is 0 Å². The quantitative estimate of drug-likeness (QED) is 0.887. The third kappa shape index (κ3) is 4.28. The number of hydrogen-bond donors (Lipinski definition) is 1. The first-order chi connectivity index (χ1) is 12.3. The lowest BCUT2D eigenvalue weighted by Gasteiger charge is -2.27. The number of carbonyl (C=O) groups is 2. The topological polar surface area (TPSA) is 73.2 Å². The molecule has 0 radical (unpaired) electrons. The molecular formula is C21H23N3O2. The molecule has 2 amide bonds. The molecule has 1 N–H and O–H groups in total. The molecule has 0 saturated heterocycles. The zero-order valence-electron chi connectivity index (χ0n) is 15.5. The van der Waals surface area contributed by atoms with E-state index in [1.807, 2.05) is 31.2 Å². The van der Waals surface area contributed by atoms with E-state index in [9.17, 15) is 9.59 Å². The minimum absolute atomic E-state index is 0.111. The van der Waals surface area contributed by atoms with Gasteiger partial charge in [-0.05, 0) is 36.1 Å². The summed E-state index contributed by atoms with van der Waals surface area (Å²) in [5.74, 6) is -0.333. The van der Waals surface area contributed by atoms with Crippen molar-refractivity contribution in [1.82, 2.24) is 0 Å². The zero-order chi connectivity index (χ0) is 19.3. The molecule has 134 valence electrons. The predicted octanol–water partition coefficient (Wildman–Crippen LogP) is 3.98. The summed E-state index contributed by atoms with van der Waals surface area (Å²) in [5.41, 5.74) is 3.56. The molecule has 5 heteroatoms. The molecule has 0 aliphatic rings. The van der Waals surface area contributed by atoms with Gasteiger partial charge < -0.3 is 10.2 Å². The second-order valence-electron chi connectivity index (χ2n) is 6.48. The van der Waals surface area contributed by atoms with Crippen molar-refractivity contribution < 1.29 is 9.59 Å². The Morgan fingerprint density at radius 3 is 2.46 bits per heavy atom. The van der Waals surface area contributed by atoms with Gasteiger partial charge in [-0.3, -0.25) is 9.59 Å². The predicted molar refractivity (Wildman–Crippen MR) is 103 cm³/mol. The summed E-state index contributed by atoms with van der Waals surface area (Å²) in [7, 11) is 0. The van der Waals surface area contributed by atoms with E-state index < -0.39 is 0 Å². The highest BCUT2D eigenvalue weighted by atomic mass is 16.2. The summed E-state index contributed by atoms with van der Waals surface area (Å²) in [4.78, 5) is 26.3. The molecule has 0 heterocycles. The van der Waals surface area contributed by atoms with Crippen molar-refractivity contribution in [2.24, 2.45) is 0 Å². The van der Waals surface area contributed by atoms with Gasteiger partial charge in [0.1, 0.15) is 12.6 Å². The van der Waals surface area contributed by atoms with Crippen LogP contribution in [0.25, 0.3) is 0 Å². The van der Waals surface area contributed by atoms with E-state index in [4.69, 9.17) is 5.26 Å². The molecular weight excluding hydrogens is 326 g/mol. The summed E-state index contributed by atoms with van der Waals surface area (Å²) in [6.07, 6.45) is 0. The second kappa shape index (κ2) is 8.30. The van der Waals surface area contributed by atoms with Gasteiger partial charge in [-0.25, -0.2) is 0 Å². The van der Waals surface area contributed by atoms with E-state index in [-0.39, 0.29) is 24.3 Å². The van der Waals surface area contributed by atoms with Gasteiger partial charge in [0, 0.05) is 6.92 Å². The smallest absolute Gasteiger partial charge is 0.244 e. The average molecular weight is 349 g/mol. The summed E-state index contributed by atoms with van der Waals surface area (Å²) in [6.45, 7) is 7.38. The van der Waals surface area contributed by atoms with Crippen LogP contribution in [-0.4, -0.2) is 18.4 Å². The number of benzene rings is 2. The molecule has 0 atom stereocenters. The van der Waals surface area contributed by atoms with Crippen LogP contribution < -0.4 is 10.2 Å². The Kier molecular flexibility index (Phi) is 6.13. The number of nitrogens with one attached hydrogen (secondary N) is 1. The molecule has 0 bridgehead atoms. The molecule has 26 heavy (non-hydrogen) atoms. The van der Waals surface area contributed by atoms with E-state index in [1.54, 1.807) is 24.3 Å². The third-order valence-electron chi connectivity index (χ3n) is 4.16. The zero-order valence-corrected chi connectivity index (χ0v) is 15.5. The summed E-state index contributed by atoms with van der Waals surface area (Å²) in [6, 6.07) is 14.7. The first-order valence-electron chi connectivity index (χ1n) is 8.51. The highest BCUT2D eigenvalue weighted by Crippen LogP contribution is 2.31. The number of para-hydroxylation sites is 2. The fraction of sp³-hybridized carbons (Fsp3) is 0.286. The maximum Gasteiger partial charge on any atom is 0.244 e. The minimum atomic E-state index is -0.346. The lowest BCUT2D eigenvalue weighted by atomic mass is 9.97. The van der Waals surface area contributed by atoms with Crippen LogP contribution in [-0.2, 0) is 9.59 Å². The van der Waals surface area contributed by atoms with Gasteiger partial charge in [0.25, 0.3) is 0 Å². The Morgan fingerprint density at radius 1 is 1.15 bits per heavy atom. The molecule has 0 unspecified atom stereocenters. The van der Waals surface area contributed by atoms with Crippen LogP contribution in [0, 0.1) is 18.3 Å². The fourth-order valence-corrected chi connectivity index (χ4v) is 2.89. The van der Waals surface area contributed by atoms with Gasteiger partial charge in [-0.2, -0.15) is 5.26 Å². The van der Waals surface area contributed by atoms with Crippen molar-refractivity contribution in [2.75, 3.05) is 16.8 Å². The van der Waals surface area contributed by atoms with Crippen LogP contribution in [0.4, 0.5) is 11.4 Å². The van der Waals surface area contributed by atoms with E-state index in [2.05, 4.69) is 19.2 Å². The Bertz CT molecular complexity index is 866. The second-order valence-corrected chi connectivity index (χ2v) is 6.48. The Morgan fingerprint density at radius 2 is 1.85 bits per heavy atom. The lowest BCUT2D eigenvalue weighted by molar-refractivity contribution is -0.120. The molecule has 5 nitrogen and oxygen atoms in total. The highest BCUT2D eigenvalue weighted by molar-refractivity contribution is 6.03. The average Bonchev–Trinajstić information content (AvgIpc) is 2.60. The van der Waals surface area contributed by atoms with Crippen molar-refractivity contribution in [3.05, 3.63) is 59.2 Å². The van der Waals surface area contributed by atoms with Crippen LogP contribution in [0.15, 0.2) is 42.5 Å². The molecule has 0 aliphatic heterocycles. The molecule has 2 aromatic carbocycles. The number of anilines is 2. The number of aryl methyl sites for hydroxylation is 1. The highest BCUT2D eigenvalue weighted by Gasteiger charge is 2.22. The van der Waals surface area contributed by atoms with Crippen LogP contribution in [0.3, 0.4) is 0 Å². The fourth-order valence-electron chi connectivity index (χ4n) is 2.89. The molecule has 2 rings (SSSR count). The number of hydrogen-bond acceptors (Lipinski definition) is 3. The molecule has 0 aromatic heterocycles. The van der Waals surface area contributed by atoms with Crippen LogP contribution in [0.1, 0.15) is 43.4 Å². The largest absolute Gasteiger partial charge is 0.323 e. The van der Waals surface area contributed by atoms with Gasteiger partial charge in [0.2, 0.25) is 11.8 Å². The molecule has 2 aromatic rings. The number of nitriles is 1. The Labute approximate surface area is 154 Å². The number of carbonyl (C=O) groups excluding carboxylic acids is 2. The first kappa shape index (κ1) is 19.2. The summed E-state index contributed by atoms with van der Waals surface area (Å²) in [5, 5.41) is 11.9. The van der Waals surface area contributed by atoms with Gasteiger partial charge in [-0.15, -0.1) is 0 Å². The van der Waals surface area contributed by atoms with Gasteiger partial charge >= 0.3 is 0 Å². The molecule has 0 saturated carbocycles. The van der Waals surface area contributed by atoms with E-state index in [0.717, 1.165) is 16.8 Å². The first-order valence-corrected chi connectivity index (χ1v) is 8.51. The maximum atomic E-state index is 12.5. The standard InChI is InChI=1S/C21H23N3O2/c1-14(2)18-10-7-8-15(3)21(18)24(16(4)25)13-20(26)23-19-11-6-5-9-17(19)12-22/h5-11,14H,13H2,1-4H3,(H,23,26). The SMILES string of the molecule is CC(=O)N(CC(=O)Nc1ccccc1C#N)c1c(C)cccc1C(C)C. The van der Waals surface area contributed by atoms with Crippen molar-refractivity contribution in [3.8, 4) is 6.07 Å². The Hall–Kier alpha value is -3.13. The summed E-state index contributed by atoms with van der Waals surface area (Å²) >= 11 is 0. The maximum absolute atomic E-state index is 12.5. The van der Waals surface area contributed by atoms with Gasteiger partial charge in [0.15, 0.2) is 0 Å². The molecule has 0 fully saturated rings. The van der Waals surface area contributed by atoms with Crippen LogP contribution in [0.5, 0.6) is 0 Å². The van der Waals surface area contributed by atoms with Crippen molar-refractivity contribution in [2.45, 2.75) is 33.6 Å². The molecule has 0 spiro atoms. The van der Waals surface area contributed by atoms with Crippen LogP contribution in [0.2, 0.25) is 0 Å². The number of amides is 2. The number of rotatable bonds is 5. The number of nitrogens with zero attached hydrogens (tertiary/aromatic N) is 2.